The van der Waals surface area contributed by atoms with Crippen LogP contribution in [0.5, 0.6) is 0 Å². The molecule has 0 saturated heterocycles. The molecule has 1 aromatic rings. The monoisotopic (exact) mass is 298 g/mol. The third-order valence-electron chi connectivity index (χ3n) is 2.99. The Bertz CT molecular complexity index is 372. The molecule has 0 spiro atoms. The summed E-state index contributed by atoms with van der Waals surface area (Å²) in [7, 11) is 0. The maximum Gasteiger partial charge on any atom is 0.146 e. The van der Waals surface area contributed by atoms with E-state index in [2.05, 4.69) is 28.1 Å². The van der Waals surface area contributed by atoms with Gasteiger partial charge in [-0.1, -0.05) is 34.8 Å². The third-order valence-corrected chi connectivity index (χ3v) is 4.50. The topological polar surface area (TPSA) is 17.1 Å². The van der Waals surface area contributed by atoms with Crippen molar-refractivity contribution in [2.24, 2.45) is 5.92 Å². The van der Waals surface area contributed by atoms with Crippen molar-refractivity contribution in [1.82, 2.24) is 0 Å². The fourth-order valence-corrected chi connectivity index (χ4v) is 3.56. The van der Waals surface area contributed by atoms with Crippen molar-refractivity contribution in [2.75, 3.05) is 5.75 Å². The van der Waals surface area contributed by atoms with E-state index in [1.165, 1.54) is 17.7 Å². The van der Waals surface area contributed by atoms with Gasteiger partial charge in [0.05, 0.1) is 5.75 Å². The molecule has 1 aliphatic rings. The molecule has 0 aromatic heterocycles. The molecule has 0 amide bonds. The fraction of sp³-hybridized carbons (Fsp3) is 0.462. The van der Waals surface area contributed by atoms with Gasteiger partial charge in [0, 0.05) is 15.3 Å². The highest BCUT2D eigenvalue weighted by Gasteiger charge is 2.22. The molecule has 0 unspecified atom stereocenters. The van der Waals surface area contributed by atoms with Crippen LogP contribution in [0.2, 0.25) is 0 Å². The number of benzene rings is 1. The van der Waals surface area contributed by atoms with Gasteiger partial charge in [-0.3, -0.25) is 4.79 Å². The molecule has 0 bridgehead atoms. The van der Waals surface area contributed by atoms with E-state index in [-0.39, 0.29) is 0 Å². The van der Waals surface area contributed by atoms with Crippen LogP contribution in [0.4, 0.5) is 0 Å². The normalized spacial score (nSPS) is 16.6. The van der Waals surface area contributed by atoms with Crippen molar-refractivity contribution in [1.29, 1.82) is 0 Å². The van der Waals surface area contributed by atoms with Gasteiger partial charge < -0.3 is 0 Å². The Morgan fingerprint density at radius 1 is 1.38 bits per heavy atom. The fourth-order valence-electron chi connectivity index (χ4n) is 2.08. The number of ketones is 1. The van der Waals surface area contributed by atoms with E-state index in [1.807, 2.05) is 12.1 Å². The highest BCUT2D eigenvalue weighted by molar-refractivity contribution is 9.10. The first-order valence-corrected chi connectivity index (χ1v) is 7.44. The predicted molar refractivity (Wildman–Crippen MR) is 71.8 cm³/mol. The highest BCUT2D eigenvalue weighted by Crippen LogP contribution is 2.28. The Morgan fingerprint density at radius 2 is 2.12 bits per heavy atom. The molecule has 3 heteroatoms. The Hall–Kier alpha value is -0.280. The van der Waals surface area contributed by atoms with Crippen LogP contribution in [-0.4, -0.2) is 11.5 Å². The molecule has 1 aromatic carbocycles. The zero-order chi connectivity index (χ0) is 11.4. The van der Waals surface area contributed by atoms with Gasteiger partial charge >= 0.3 is 0 Å². The summed E-state index contributed by atoms with van der Waals surface area (Å²) in [6.45, 7) is 0. The van der Waals surface area contributed by atoms with Crippen molar-refractivity contribution in [3.05, 3.63) is 28.7 Å². The molecule has 86 valence electrons. The van der Waals surface area contributed by atoms with E-state index in [1.54, 1.807) is 11.8 Å². The van der Waals surface area contributed by atoms with Crippen molar-refractivity contribution in [3.8, 4) is 0 Å². The molecule has 0 radical (unpaired) electrons. The minimum absolute atomic E-state index is 0.347. The second-order valence-electron chi connectivity index (χ2n) is 4.19. The number of carbonyl (C=O) groups is 1. The Labute approximate surface area is 109 Å². The summed E-state index contributed by atoms with van der Waals surface area (Å²) in [5.74, 6) is 1.41. The molecular formula is C13H15BrOS. The molecule has 0 aliphatic heterocycles. The van der Waals surface area contributed by atoms with Crippen LogP contribution in [0.1, 0.15) is 25.7 Å². The van der Waals surface area contributed by atoms with E-state index in [0.717, 1.165) is 17.3 Å². The molecule has 1 saturated carbocycles. The van der Waals surface area contributed by atoms with Gasteiger partial charge in [0.1, 0.15) is 5.78 Å². The maximum absolute atomic E-state index is 11.9. The van der Waals surface area contributed by atoms with Gasteiger partial charge in [-0.2, -0.15) is 0 Å². The summed E-state index contributed by atoms with van der Waals surface area (Å²) in [6.07, 6.45) is 4.69. The van der Waals surface area contributed by atoms with E-state index in [0.29, 0.717) is 17.5 Å². The Kier molecular flexibility index (Phi) is 4.47. The third kappa shape index (κ3) is 3.36. The zero-order valence-electron chi connectivity index (χ0n) is 9.12. The van der Waals surface area contributed by atoms with E-state index >= 15 is 0 Å². The molecule has 0 N–H and O–H groups in total. The number of carbonyl (C=O) groups excluding carboxylic acids is 1. The molecule has 1 fully saturated rings. The summed E-state index contributed by atoms with van der Waals surface area (Å²) in [5, 5.41) is 0. The summed E-state index contributed by atoms with van der Waals surface area (Å²) in [6, 6.07) is 8.12. The van der Waals surface area contributed by atoms with Gasteiger partial charge in [0.15, 0.2) is 0 Å². The highest BCUT2D eigenvalue weighted by atomic mass is 79.9. The van der Waals surface area contributed by atoms with Crippen LogP contribution in [0.25, 0.3) is 0 Å². The molecular weight excluding hydrogens is 284 g/mol. The minimum Gasteiger partial charge on any atom is -0.298 e. The van der Waals surface area contributed by atoms with Crippen molar-refractivity contribution >= 4 is 33.5 Å². The van der Waals surface area contributed by atoms with Crippen molar-refractivity contribution < 1.29 is 4.79 Å². The van der Waals surface area contributed by atoms with E-state index in [4.69, 9.17) is 0 Å². The first-order valence-electron chi connectivity index (χ1n) is 5.67. The number of hydrogen-bond acceptors (Lipinski definition) is 2. The molecule has 1 aliphatic carbocycles. The maximum atomic E-state index is 11.9. The van der Waals surface area contributed by atoms with Crippen LogP contribution in [0.3, 0.4) is 0 Å². The zero-order valence-corrected chi connectivity index (χ0v) is 11.5. The molecule has 1 nitrogen and oxygen atoms in total. The standard InChI is InChI=1S/C13H15BrOS/c14-11-6-3-7-12(8-11)16-9-13(15)10-4-1-2-5-10/h3,6-8,10H,1-2,4-5,9H2. The molecule has 16 heavy (non-hydrogen) atoms. The van der Waals surface area contributed by atoms with Crippen molar-refractivity contribution in [3.63, 3.8) is 0 Å². The average Bonchev–Trinajstić information content (AvgIpc) is 2.79. The van der Waals surface area contributed by atoms with Crippen molar-refractivity contribution in [2.45, 2.75) is 30.6 Å². The lowest BCUT2D eigenvalue weighted by atomic mass is 10.0. The smallest absolute Gasteiger partial charge is 0.146 e. The largest absolute Gasteiger partial charge is 0.298 e. The second-order valence-corrected chi connectivity index (χ2v) is 6.16. The van der Waals surface area contributed by atoms with Crippen LogP contribution in [-0.2, 0) is 4.79 Å². The SMILES string of the molecule is O=C(CSc1cccc(Br)c1)C1CCCC1. The van der Waals surface area contributed by atoms with Gasteiger partial charge in [-0.05, 0) is 31.0 Å². The number of rotatable bonds is 4. The Morgan fingerprint density at radius 3 is 2.81 bits per heavy atom. The van der Waals surface area contributed by atoms with Gasteiger partial charge in [0.2, 0.25) is 0 Å². The number of thioether (sulfide) groups is 1. The summed E-state index contributed by atoms with van der Waals surface area (Å²) in [4.78, 5) is 13.0. The van der Waals surface area contributed by atoms with Crippen LogP contribution < -0.4 is 0 Å². The average molecular weight is 299 g/mol. The summed E-state index contributed by atoms with van der Waals surface area (Å²) >= 11 is 5.09. The number of hydrogen-bond donors (Lipinski definition) is 0. The minimum atomic E-state index is 0.347. The van der Waals surface area contributed by atoms with Crippen LogP contribution in [0, 0.1) is 5.92 Å². The van der Waals surface area contributed by atoms with Crippen LogP contribution >= 0.6 is 27.7 Å². The van der Waals surface area contributed by atoms with Crippen LogP contribution in [0.15, 0.2) is 33.6 Å². The lowest BCUT2D eigenvalue weighted by Gasteiger charge is -2.07. The van der Waals surface area contributed by atoms with Gasteiger partial charge in [0.25, 0.3) is 0 Å². The van der Waals surface area contributed by atoms with E-state index < -0.39 is 0 Å². The second kappa shape index (κ2) is 5.87. The number of Topliss-reactive ketones (excluding diaryl/α,β-unsaturated/α-hetero) is 1. The first-order chi connectivity index (χ1) is 7.75. The quantitative estimate of drug-likeness (QED) is 0.771. The summed E-state index contributed by atoms with van der Waals surface area (Å²) in [5.41, 5.74) is 0. The predicted octanol–water partition coefficient (Wildman–Crippen LogP) is 4.30. The Balaban J connectivity index is 1.84. The van der Waals surface area contributed by atoms with E-state index in [9.17, 15) is 4.79 Å². The lowest BCUT2D eigenvalue weighted by Crippen LogP contribution is -2.12. The molecule has 0 heterocycles. The van der Waals surface area contributed by atoms with Gasteiger partial charge in [-0.25, -0.2) is 0 Å². The molecule has 0 atom stereocenters. The summed E-state index contributed by atoms with van der Waals surface area (Å²) < 4.78 is 1.07. The lowest BCUT2D eigenvalue weighted by molar-refractivity contribution is -0.120. The molecule has 2 rings (SSSR count). The first kappa shape index (κ1) is 12.2. The number of halogens is 1. The van der Waals surface area contributed by atoms with Gasteiger partial charge in [-0.15, -0.1) is 11.8 Å².